The quantitative estimate of drug-likeness (QED) is 0.644. The number of para-hydroxylation sites is 1. The van der Waals surface area contributed by atoms with Crippen LogP contribution in [0.25, 0.3) is 11.0 Å². The van der Waals surface area contributed by atoms with Gasteiger partial charge in [0.25, 0.3) is 0 Å². The summed E-state index contributed by atoms with van der Waals surface area (Å²) in [6.45, 7) is 3.93. The Morgan fingerprint density at radius 1 is 1.53 bits per heavy atom. The minimum absolute atomic E-state index is 0.290. The number of carbonyl (C=O) groups excluding carboxylic acids is 1. The van der Waals surface area contributed by atoms with Gasteiger partial charge in [0.05, 0.1) is 5.39 Å². The highest BCUT2D eigenvalue weighted by molar-refractivity contribution is 7.98. The van der Waals surface area contributed by atoms with Crippen LogP contribution in [-0.2, 0) is 0 Å². The van der Waals surface area contributed by atoms with Crippen LogP contribution in [0.2, 0.25) is 0 Å². The molecule has 5 nitrogen and oxygen atoms in total. The first-order valence-corrected chi connectivity index (χ1v) is 5.79. The Bertz CT molecular complexity index is 538. The van der Waals surface area contributed by atoms with Crippen molar-refractivity contribution in [1.29, 1.82) is 0 Å². The van der Waals surface area contributed by atoms with Gasteiger partial charge in [0.2, 0.25) is 0 Å². The van der Waals surface area contributed by atoms with E-state index in [1.165, 1.54) is 0 Å². The zero-order valence-electron chi connectivity index (χ0n) is 8.97. The van der Waals surface area contributed by atoms with E-state index in [2.05, 4.69) is 21.8 Å². The van der Waals surface area contributed by atoms with Crippen LogP contribution in [0.3, 0.4) is 0 Å². The van der Waals surface area contributed by atoms with Gasteiger partial charge in [-0.05, 0) is 12.1 Å². The predicted molar refractivity (Wildman–Crippen MR) is 66.6 cm³/mol. The number of nitrogens with zero attached hydrogens (tertiary/aromatic N) is 1. The average molecular weight is 249 g/mol. The lowest BCUT2D eigenvalue weighted by Gasteiger charge is -2.02. The monoisotopic (exact) mass is 249 g/mol. The molecule has 1 aromatic heterocycles. The van der Waals surface area contributed by atoms with Crippen LogP contribution in [0.5, 0.6) is 0 Å². The second kappa shape index (κ2) is 5.40. The lowest BCUT2D eigenvalue weighted by atomic mass is 10.3. The molecule has 6 heteroatoms. The van der Waals surface area contributed by atoms with Gasteiger partial charge in [-0.15, -0.1) is 6.58 Å². The third-order valence-corrected chi connectivity index (χ3v) is 2.77. The first kappa shape index (κ1) is 11.5. The van der Waals surface area contributed by atoms with E-state index < -0.39 is 0 Å². The van der Waals surface area contributed by atoms with Crippen LogP contribution in [0, 0.1) is 0 Å². The van der Waals surface area contributed by atoms with Crippen molar-refractivity contribution >= 4 is 28.9 Å². The number of hydrogen-bond donors (Lipinski definition) is 2. The molecule has 0 atom stereocenters. The normalized spacial score (nSPS) is 10.1. The van der Waals surface area contributed by atoms with Gasteiger partial charge < -0.3 is 9.84 Å². The van der Waals surface area contributed by atoms with Gasteiger partial charge in [-0.2, -0.15) is 0 Å². The summed E-state index contributed by atoms with van der Waals surface area (Å²) in [6, 6.07) is 7.18. The van der Waals surface area contributed by atoms with E-state index in [-0.39, 0.29) is 6.03 Å². The second-order valence-corrected chi connectivity index (χ2v) is 3.98. The molecule has 88 valence electrons. The fraction of sp³-hybridized carbons (Fsp3) is 0.0909. The molecule has 0 radical (unpaired) electrons. The third-order valence-electron chi connectivity index (χ3n) is 1.99. The van der Waals surface area contributed by atoms with E-state index in [0.29, 0.717) is 17.2 Å². The molecule has 0 spiro atoms. The predicted octanol–water partition coefficient (Wildman–Crippen LogP) is 2.32. The maximum atomic E-state index is 11.3. The SMILES string of the molecule is C=CCNC(=O)NSc1noc2ccccc12. The Balaban J connectivity index is 1.99. The minimum atomic E-state index is -0.290. The van der Waals surface area contributed by atoms with E-state index in [1.54, 1.807) is 6.08 Å². The molecule has 0 bridgehead atoms. The average Bonchev–Trinajstić information content (AvgIpc) is 2.77. The van der Waals surface area contributed by atoms with Crippen molar-refractivity contribution in [2.24, 2.45) is 0 Å². The van der Waals surface area contributed by atoms with E-state index in [0.717, 1.165) is 17.3 Å². The van der Waals surface area contributed by atoms with E-state index in [9.17, 15) is 4.79 Å². The van der Waals surface area contributed by atoms with Crippen molar-refractivity contribution in [1.82, 2.24) is 15.2 Å². The van der Waals surface area contributed by atoms with Crippen molar-refractivity contribution in [3.8, 4) is 0 Å². The Hall–Kier alpha value is -1.95. The summed E-state index contributed by atoms with van der Waals surface area (Å²) in [5, 5.41) is 7.98. The van der Waals surface area contributed by atoms with Crippen LogP contribution >= 0.6 is 11.9 Å². The topological polar surface area (TPSA) is 67.2 Å². The number of aromatic nitrogens is 1. The number of carbonyl (C=O) groups is 1. The molecule has 2 amide bonds. The van der Waals surface area contributed by atoms with Gasteiger partial charge in [0.15, 0.2) is 10.6 Å². The van der Waals surface area contributed by atoms with Gasteiger partial charge in [0, 0.05) is 18.5 Å². The summed E-state index contributed by atoms with van der Waals surface area (Å²) in [6.07, 6.45) is 1.61. The summed E-state index contributed by atoms with van der Waals surface area (Å²) >= 11 is 1.11. The van der Waals surface area contributed by atoms with Crippen LogP contribution in [0.15, 0.2) is 46.5 Å². The Labute approximate surface area is 102 Å². The lowest BCUT2D eigenvalue weighted by Crippen LogP contribution is -2.31. The second-order valence-electron chi connectivity index (χ2n) is 3.19. The van der Waals surface area contributed by atoms with Crippen molar-refractivity contribution in [2.75, 3.05) is 6.54 Å². The molecule has 0 fully saturated rings. The molecule has 0 aliphatic heterocycles. The van der Waals surface area contributed by atoms with Gasteiger partial charge in [0.1, 0.15) is 0 Å². The number of benzene rings is 1. The molecule has 2 rings (SSSR count). The van der Waals surface area contributed by atoms with Crippen molar-refractivity contribution < 1.29 is 9.32 Å². The standard InChI is InChI=1S/C11H11N3O2S/c1-2-7-12-11(15)14-17-10-8-5-3-4-6-9(8)16-13-10/h2-6H,1,7H2,(H2,12,14,15). The van der Waals surface area contributed by atoms with E-state index in [4.69, 9.17) is 4.52 Å². The number of amides is 2. The molecule has 1 aromatic carbocycles. The molecule has 2 N–H and O–H groups in total. The van der Waals surface area contributed by atoms with Crippen molar-refractivity contribution in [2.45, 2.75) is 5.03 Å². The summed E-state index contributed by atoms with van der Waals surface area (Å²) in [5.74, 6) is 0. The molecule has 0 saturated carbocycles. The first-order chi connectivity index (χ1) is 8.31. The molecule has 1 heterocycles. The number of fused-ring (bicyclic) bond motifs is 1. The fourth-order valence-electron chi connectivity index (χ4n) is 1.23. The Morgan fingerprint density at radius 3 is 3.18 bits per heavy atom. The van der Waals surface area contributed by atoms with Gasteiger partial charge in [-0.1, -0.05) is 23.4 Å². The summed E-state index contributed by atoms with van der Waals surface area (Å²) in [4.78, 5) is 11.3. The zero-order valence-corrected chi connectivity index (χ0v) is 9.79. The molecule has 0 aliphatic rings. The molecule has 0 saturated heterocycles. The van der Waals surface area contributed by atoms with E-state index in [1.807, 2.05) is 24.3 Å². The van der Waals surface area contributed by atoms with Gasteiger partial charge >= 0.3 is 6.03 Å². The minimum Gasteiger partial charge on any atom is -0.355 e. The largest absolute Gasteiger partial charge is 0.355 e. The number of nitrogens with one attached hydrogen (secondary N) is 2. The number of rotatable bonds is 4. The highest BCUT2D eigenvalue weighted by Gasteiger charge is 2.09. The van der Waals surface area contributed by atoms with Crippen LogP contribution in [0.4, 0.5) is 4.79 Å². The van der Waals surface area contributed by atoms with Gasteiger partial charge in [-0.3, -0.25) is 4.72 Å². The maximum Gasteiger partial charge on any atom is 0.325 e. The smallest absolute Gasteiger partial charge is 0.325 e. The molecule has 0 aliphatic carbocycles. The summed E-state index contributed by atoms with van der Waals surface area (Å²) < 4.78 is 7.71. The fourth-order valence-corrected chi connectivity index (χ4v) is 1.85. The van der Waals surface area contributed by atoms with E-state index >= 15 is 0 Å². The van der Waals surface area contributed by atoms with Crippen LogP contribution in [-0.4, -0.2) is 17.7 Å². The third kappa shape index (κ3) is 2.79. The first-order valence-electron chi connectivity index (χ1n) is 4.97. The molecule has 2 aromatic rings. The van der Waals surface area contributed by atoms with Crippen LogP contribution < -0.4 is 10.0 Å². The molecule has 17 heavy (non-hydrogen) atoms. The Kier molecular flexibility index (Phi) is 3.66. The summed E-state index contributed by atoms with van der Waals surface area (Å²) in [5.41, 5.74) is 0.697. The summed E-state index contributed by atoms with van der Waals surface area (Å²) in [7, 11) is 0. The maximum absolute atomic E-state index is 11.3. The zero-order chi connectivity index (χ0) is 12.1. The molecular formula is C11H11N3O2S. The van der Waals surface area contributed by atoms with Crippen molar-refractivity contribution in [3.05, 3.63) is 36.9 Å². The lowest BCUT2D eigenvalue weighted by molar-refractivity contribution is 0.247. The highest BCUT2D eigenvalue weighted by Crippen LogP contribution is 2.24. The van der Waals surface area contributed by atoms with Gasteiger partial charge in [-0.25, -0.2) is 4.79 Å². The van der Waals surface area contributed by atoms with Crippen LogP contribution in [0.1, 0.15) is 0 Å². The molecule has 0 unspecified atom stereocenters. The molecular weight excluding hydrogens is 238 g/mol. The number of urea groups is 1. The Morgan fingerprint density at radius 2 is 2.35 bits per heavy atom. The number of hydrogen-bond acceptors (Lipinski definition) is 4. The van der Waals surface area contributed by atoms with Crippen molar-refractivity contribution in [3.63, 3.8) is 0 Å². The highest BCUT2D eigenvalue weighted by atomic mass is 32.2.